The molecule has 3 aromatic rings. The maximum absolute atomic E-state index is 13.3. The van der Waals surface area contributed by atoms with Gasteiger partial charge in [-0.15, -0.1) is 0 Å². The van der Waals surface area contributed by atoms with Gasteiger partial charge in [0.05, 0.1) is 18.5 Å². The molecule has 0 radical (unpaired) electrons. The van der Waals surface area contributed by atoms with Crippen LogP contribution in [0.1, 0.15) is 26.3 Å². The molecule has 7 heteroatoms. The summed E-state index contributed by atoms with van der Waals surface area (Å²) in [6, 6.07) is 20.8. The van der Waals surface area contributed by atoms with Gasteiger partial charge in [0, 0.05) is 11.1 Å². The number of primary amides is 1. The molecule has 3 aromatic carbocycles. The Morgan fingerprint density at radius 1 is 0.969 bits per heavy atom. The van der Waals surface area contributed by atoms with E-state index in [1.807, 2.05) is 6.07 Å². The second-order valence-electron chi connectivity index (χ2n) is 7.05. The predicted octanol–water partition coefficient (Wildman–Crippen LogP) is 3.44. The number of allylic oxidation sites excluding steroid dienone is 1. The van der Waals surface area contributed by atoms with Gasteiger partial charge in [0.25, 0.3) is 11.8 Å². The molecule has 32 heavy (non-hydrogen) atoms. The van der Waals surface area contributed by atoms with Crippen molar-refractivity contribution in [3.8, 4) is 11.5 Å². The zero-order chi connectivity index (χ0) is 22.7. The Bertz CT molecular complexity index is 1230. The van der Waals surface area contributed by atoms with Crippen molar-refractivity contribution in [2.75, 3.05) is 18.6 Å². The Balaban J connectivity index is 1.76. The van der Waals surface area contributed by atoms with Gasteiger partial charge >= 0.3 is 0 Å². The Morgan fingerprint density at radius 3 is 2.41 bits per heavy atom. The third kappa shape index (κ3) is 3.96. The van der Waals surface area contributed by atoms with Crippen LogP contribution >= 0.6 is 0 Å². The average Bonchev–Trinajstić information content (AvgIpc) is 3.09. The highest BCUT2D eigenvalue weighted by Gasteiger charge is 2.36. The minimum Gasteiger partial charge on any atom is -0.493 e. The van der Waals surface area contributed by atoms with Crippen molar-refractivity contribution in [3.05, 3.63) is 95.2 Å². The maximum atomic E-state index is 13.3. The summed E-state index contributed by atoms with van der Waals surface area (Å²) < 4.78 is 10.7. The fourth-order valence-corrected chi connectivity index (χ4v) is 3.49. The molecule has 1 heterocycles. The van der Waals surface area contributed by atoms with E-state index in [1.54, 1.807) is 72.8 Å². The molecule has 2 N–H and O–H groups in total. The van der Waals surface area contributed by atoms with Crippen LogP contribution in [0.2, 0.25) is 0 Å². The number of Topliss-reactive ketones (excluding diaryl/α,β-unsaturated/α-hetero) is 1. The number of anilines is 1. The van der Waals surface area contributed by atoms with E-state index in [0.29, 0.717) is 33.9 Å². The van der Waals surface area contributed by atoms with Crippen molar-refractivity contribution in [1.82, 2.24) is 0 Å². The van der Waals surface area contributed by atoms with E-state index in [4.69, 9.17) is 15.2 Å². The van der Waals surface area contributed by atoms with Crippen LogP contribution in [-0.2, 0) is 4.79 Å². The molecule has 0 unspecified atom stereocenters. The van der Waals surface area contributed by atoms with Crippen LogP contribution in [-0.4, -0.2) is 31.3 Å². The summed E-state index contributed by atoms with van der Waals surface area (Å²) in [7, 11) is 1.46. The van der Waals surface area contributed by atoms with E-state index in [1.165, 1.54) is 12.0 Å². The number of fused-ring (bicyclic) bond motifs is 1. The van der Waals surface area contributed by atoms with Crippen LogP contribution in [0.25, 0.3) is 6.08 Å². The van der Waals surface area contributed by atoms with Gasteiger partial charge in [0.2, 0.25) is 5.78 Å². The highest BCUT2D eigenvalue weighted by molar-refractivity contribution is 6.29. The van der Waals surface area contributed by atoms with Crippen LogP contribution in [0.15, 0.2) is 78.5 Å². The monoisotopic (exact) mass is 428 g/mol. The molecule has 0 aliphatic carbocycles. The first-order chi connectivity index (χ1) is 15.5. The Hall–Kier alpha value is -4.39. The van der Waals surface area contributed by atoms with Crippen molar-refractivity contribution in [2.45, 2.75) is 0 Å². The van der Waals surface area contributed by atoms with Crippen LogP contribution in [0, 0.1) is 0 Å². The second kappa shape index (κ2) is 8.77. The number of nitrogens with zero attached hydrogens (tertiary/aromatic N) is 1. The summed E-state index contributed by atoms with van der Waals surface area (Å²) in [5.41, 5.74) is 7.44. The number of carbonyl (C=O) groups is 3. The molecular formula is C25H20N2O5. The molecule has 1 aliphatic rings. The number of ether oxygens (including phenoxy) is 2. The number of nitrogens with two attached hydrogens (primary N) is 1. The lowest BCUT2D eigenvalue weighted by Gasteiger charge is -2.19. The summed E-state index contributed by atoms with van der Waals surface area (Å²) in [4.78, 5) is 38.9. The molecular weight excluding hydrogens is 408 g/mol. The average molecular weight is 428 g/mol. The number of benzene rings is 3. The summed E-state index contributed by atoms with van der Waals surface area (Å²) in [6.07, 6.45) is 1.63. The molecule has 7 nitrogen and oxygen atoms in total. The van der Waals surface area contributed by atoms with Crippen LogP contribution in [0.4, 0.5) is 5.69 Å². The van der Waals surface area contributed by atoms with Crippen LogP contribution in [0.3, 0.4) is 0 Å². The smallest absolute Gasteiger partial charge is 0.262 e. The lowest BCUT2D eigenvalue weighted by atomic mass is 10.1. The largest absolute Gasteiger partial charge is 0.493 e. The lowest BCUT2D eigenvalue weighted by Crippen LogP contribution is -2.28. The van der Waals surface area contributed by atoms with E-state index in [9.17, 15) is 14.4 Å². The molecule has 2 amide bonds. The zero-order valence-corrected chi connectivity index (χ0v) is 17.3. The summed E-state index contributed by atoms with van der Waals surface area (Å²) in [5.74, 6) is -0.458. The van der Waals surface area contributed by atoms with Crippen molar-refractivity contribution in [3.63, 3.8) is 0 Å². The first kappa shape index (κ1) is 20.9. The number of hydrogen-bond donors (Lipinski definition) is 1. The van der Waals surface area contributed by atoms with E-state index < -0.39 is 5.91 Å². The molecule has 0 aromatic heterocycles. The van der Waals surface area contributed by atoms with Gasteiger partial charge in [-0.1, -0.05) is 36.4 Å². The van der Waals surface area contributed by atoms with E-state index >= 15 is 0 Å². The van der Waals surface area contributed by atoms with Gasteiger partial charge in [-0.05, 0) is 48.0 Å². The second-order valence-corrected chi connectivity index (χ2v) is 7.05. The number of para-hydroxylation sites is 1. The Labute approximate surface area is 184 Å². The Morgan fingerprint density at radius 2 is 1.69 bits per heavy atom. The normalized spacial score (nSPS) is 13.7. The number of carbonyl (C=O) groups excluding carboxylic acids is 3. The molecule has 0 saturated heterocycles. The van der Waals surface area contributed by atoms with Gasteiger partial charge in [-0.25, -0.2) is 0 Å². The van der Waals surface area contributed by atoms with Crippen molar-refractivity contribution >= 4 is 29.4 Å². The molecule has 160 valence electrons. The van der Waals surface area contributed by atoms with Crippen LogP contribution in [0.5, 0.6) is 11.5 Å². The first-order valence-corrected chi connectivity index (χ1v) is 9.83. The molecule has 0 fully saturated rings. The molecule has 1 aliphatic heterocycles. The summed E-state index contributed by atoms with van der Waals surface area (Å²) in [5, 5.41) is 0. The SMILES string of the molecule is COc1cc(/C=C2/C(=O)c3ccccc3N2C(=O)c2ccccc2)ccc1OCC(N)=O. The first-order valence-electron chi connectivity index (χ1n) is 9.83. The van der Waals surface area contributed by atoms with Crippen molar-refractivity contribution in [2.24, 2.45) is 5.73 Å². The number of ketones is 1. The standard InChI is InChI=1S/C25H20N2O5/c1-31-22-14-16(11-12-21(22)32-15-23(26)28)13-20-24(29)18-9-5-6-10-19(18)27(20)25(30)17-7-3-2-4-8-17/h2-14H,15H2,1H3,(H2,26,28)/b20-13-. The van der Waals surface area contributed by atoms with Crippen molar-refractivity contribution < 1.29 is 23.9 Å². The third-order valence-electron chi connectivity index (χ3n) is 4.95. The maximum Gasteiger partial charge on any atom is 0.262 e. The molecule has 0 saturated carbocycles. The minimum absolute atomic E-state index is 0.230. The molecule has 0 spiro atoms. The fraction of sp³-hybridized carbons (Fsp3) is 0.0800. The van der Waals surface area contributed by atoms with E-state index in [2.05, 4.69) is 0 Å². The van der Waals surface area contributed by atoms with Gasteiger partial charge in [0.1, 0.15) is 0 Å². The molecule has 4 rings (SSSR count). The molecule has 0 bridgehead atoms. The van der Waals surface area contributed by atoms with E-state index in [-0.39, 0.29) is 24.0 Å². The quantitative estimate of drug-likeness (QED) is 0.607. The summed E-state index contributed by atoms with van der Waals surface area (Å²) in [6.45, 7) is -0.288. The van der Waals surface area contributed by atoms with Gasteiger partial charge in [-0.3, -0.25) is 19.3 Å². The molecule has 0 atom stereocenters. The topological polar surface area (TPSA) is 98.9 Å². The predicted molar refractivity (Wildman–Crippen MR) is 120 cm³/mol. The number of amides is 2. The zero-order valence-electron chi connectivity index (χ0n) is 17.3. The van der Waals surface area contributed by atoms with E-state index in [0.717, 1.165) is 0 Å². The van der Waals surface area contributed by atoms with Crippen molar-refractivity contribution in [1.29, 1.82) is 0 Å². The Kier molecular flexibility index (Phi) is 5.72. The number of hydrogen-bond acceptors (Lipinski definition) is 5. The van der Waals surface area contributed by atoms with Gasteiger partial charge in [0.15, 0.2) is 18.1 Å². The van der Waals surface area contributed by atoms with Crippen LogP contribution < -0.4 is 20.1 Å². The van der Waals surface area contributed by atoms with Gasteiger partial charge < -0.3 is 15.2 Å². The summed E-state index contributed by atoms with van der Waals surface area (Å²) >= 11 is 0. The number of methoxy groups -OCH3 is 1. The van der Waals surface area contributed by atoms with Gasteiger partial charge in [-0.2, -0.15) is 0 Å². The fourth-order valence-electron chi connectivity index (χ4n) is 3.49. The third-order valence-corrected chi connectivity index (χ3v) is 4.95. The number of rotatable bonds is 6. The highest BCUT2D eigenvalue weighted by Crippen LogP contribution is 2.37. The highest BCUT2D eigenvalue weighted by atomic mass is 16.5. The minimum atomic E-state index is -0.609. The lowest BCUT2D eigenvalue weighted by molar-refractivity contribution is -0.119.